The Kier molecular flexibility index (Phi) is 3.97. The maximum atomic E-state index is 12.6. The van der Waals surface area contributed by atoms with Crippen LogP contribution in [0, 0.1) is 11.8 Å². The number of carbonyl (C=O) groups is 1. The molecule has 1 N–H and O–H groups in total. The van der Waals surface area contributed by atoms with Crippen LogP contribution < -0.4 is 5.32 Å². The molecule has 0 aromatic carbocycles. The molecular formula is C16H23ClN2OS. The SMILES string of the molecule is O=C(NC1CN2CCC1CC2)[C@@H]1CC2CCC=C(Cl)[C@@H]2S1. The number of thioether (sulfide) groups is 1. The number of halogens is 1. The van der Waals surface area contributed by atoms with Crippen molar-refractivity contribution in [1.82, 2.24) is 10.2 Å². The summed E-state index contributed by atoms with van der Waals surface area (Å²) in [5.41, 5.74) is 0. The topological polar surface area (TPSA) is 32.3 Å². The molecule has 4 aliphatic heterocycles. The van der Waals surface area contributed by atoms with Gasteiger partial charge in [0, 0.05) is 22.9 Å². The van der Waals surface area contributed by atoms with Gasteiger partial charge in [-0.1, -0.05) is 17.7 Å². The molecule has 2 bridgehead atoms. The van der Waals surface area contributed by atoms with Gasteiger partial charge in [0.1, 0.15) is 0 Å². The number of hydrogen-bond acceptors (Lipinski definition) is 3. The summed E-state index contributed by atoms with van der Waals surface area (Å²) >= 11 is 8.13. The number of nitrogens with one attached hydrogen (secondary N) is 1. The van der Waals surface area contributed by atoms with E-state index >= 15 is 0 Å². The molecular weight excluding hydrogens is 304 g/mol. The van der Waals surface area contributed by atoms with Crippen LogP contribution in [-0.4, -0.2) is 47.0 Å². The highest BCUT2D eigenvalue weighted by atomic mass is 35.5. The standard InChI is InChI=1S/C16H23ClN2OS/c17-12-3-1-2-11-8-14(21-15(11)12)16(20)18-13-9-19-6-4-10(13)5-7-19/h3,10-11,13-15H,1-2,4-9H2,(H,18,20)/t11?,13?,14-,15+/m0/s1. The largest absolute Gasteiger partial charge is 0.351 e. The van der Waals surface area contributed by atoms with Crippen LogP contribution in [0.3, 0.4) is 0 Å². The van der Waals surface area contributed by atoms with Gasteiger partial charge in [-0.15, -0.1) is 11.8 Å². The minimum absolute atomic E-state index is 0.107. The third kappa shape index (κ3) is 2.75. The van der Waals surface area contributed by atoms with Crippen LogP contribution >= 0.6 is 23.4 Å². The lowest BCUT2D eigenvalue weighted by atomic mass is 9.84. The Morgan fingerprint density at radius 2 is 2.10 bits per heavy atom. The van der Waals surface area contributed by atoms with Crippen molar-refractivity contribution in [1.29, 1.82) is 0 Å². The lowest BCUT2D eigenvalue weighted by Crippen LogP contribution is -2.58. The fourth-order valence-electron chi connectivity index (χ4n) is 4.43. The molecule has 4 fully saturated rings. The number of piperidine rings is 3. The van der Waals surface area contributed by atoms with Crippen molar-refractivity contribution in [3.05, 3.63) is 11.1 Å². The minimum Gasteiger partial charge on any atom is -0.351 e. The third-order valence-electron chi connectivity index (χ3n) is 5.68. The van der Waals surface area contributed by atoms with E-state index in [1.54, 1.807) is 11.8 Å². The fraction of sp³-hybridized carbons (Fsp3) is 0.812. The first kappa shape index (κ1) is 14.4. The van der Waals surface area contributed by atoms with Crippen LogP contribution in [0.2, 0.25) is 0 Å². The normalized spacial score (nSPS) is 45.1. The summed E-state index contributed by atoms with van der Waals surface area (Å²) in [6, 6.07) is 0.384. The Morgan fingerprint density at radius 1 is 1.29 bits per heavy atom. The molecule has 4 saturated heterocycles. The van der Waals surface area contributed by atoms with Gasteiger partial charge in [-0.05, 0) is 57.0 Å². The molecule has 0 spiro atoms. The molecule has 4 atom stereocenters. The van der Waals surface area contributed by atoms with E-state index in [1.165, 1.54) is 32.4 Å². The monoisotopic (exact) mass is 326 g/mol. The molecule has 21 heavy (non-hydrogen) atoms. The lowest BCUT2D eigenvalue weighted by Gasteiger charge is -2.45. The van der Waals surface area contributed by atoms with Crippen LogP contribution in [-0.2, 0) is 4.79 Å². The predicted octanol–water partition coefficient (Wildman–Crippen LogP) is 2.60. The first-order valence-electron chi connectivity index (χ1n) is 8.24. The average Bonchev–Trinajstić information content (AvgIpc) is 2.94. The molecule has 0 radical (unpaired) electrons. The van der Waals surface area contributed by atoms with Gasteiger partial charge in [-0.2, -0.15) is 0 Å². The molecule has 5 aliphatic rings. The van der Waals surface area contributed by atoms with Crippen molar-refractivity contribution in [2.45, 2.75) is 48.6 Å². The summed E-state index contributed by atoms with van der Waals surface area (Å²) in [5.74, 6) is 1.57. The fourth-order valence-corrected chi connectivity index (χ4v) is 6.47. The van der Waals surface area contributed by atoms with E-state index < -0.39 is 0 Å². The Balaban J connectivity index is 1.37. The van der Waals surface area contributed by atoms with Crippen molar-refractivity contribution >= 4 is 29.3 Å². The summed E-state index contributed by atoms with van der Waals surface area (Å²) in [7, 11) is 0. The van der Waals surface area contributed by atoms with E-state index in [9.17, 15) is 4.79 Å². The van der Waals surface area contributed by atoms with Crippen LogP contribution in [0.5, 0.6) is 0 Å². The molecule has 116 valence electrons. The van der Waals surface area contributed by atoms with Crippen molar-refractivity contribution in [2.24, 2.45) is 11.8 Å². The zero-order valence-corrected chi connectivity index (χ0v) is 13.8. The van der Waals surface area contributed by atoms with Crippen molar-refractivity contribution < 1.29 is 4.79 Å². The van der Waals surface area contributed by atoms with E-state index in [1.807, 2.05) is 0 Å². The number of carbonyl (C=O) groups excluding carboxylic acids is 1. The minimum atomic E-state index is 0.107. The summed E-state index contributed by atoms with van der Waals surface area (Å²) in [5, 5.41) is 4.82. The second-order valence-corrected chi connectivity index (χ2v) is 8.75. The van der Waals surface area contributed by atoms with Gasteiger partial charge < -0.3 is 10.2 Å². The first-order valence-corrected chi connectivity index (χ1v) is 9.56. The number of amides is 1. The zero-order valence-electron chi connectivity index (χ0n) is 12.3. The maximum Gasteiger partial charge on any atom is 0.233 e. The van der Waals surface area contributed by atoms with Gasteiger partial charge in [-0.3, -0.25) is 4.79 Å². The van der Waals surface area contributed by atoms with E-state index in [0.717, 1.165) is 24.4 Å². The van der Waals surface area contributed by atoms with Gasteiger partial charge in [0.25, 0.3) is 0 Å². The van der Waals surface area contributed by atoms with Gasteiger partial charge in [0.15, 0.2) is 0 Å². The Morgan fingerprint density at radius 3 is 2.76 bits per heavy atom. The number of nitrogens with zero attached hydrogens (tertiary/aromatic N) is 1. The van der Waals surface area contributed by atoms with E-state index in [0.29, 0.717) is 23.1 Å². The Bertz CT molecular complexity index is 461. The first-order chi connectivity index (χ1) is 10.2. The van der Waals surface area contributed by atoms with E-state index in [2.05, 4.69) is 16.3 Å². The predicted molar refractivity (Wildman–Crippen MR) is 87.5 cm³/mol. The summed E-state index contributed by atoms with van der Waals surface area (Å²) in [4.78, 5) is 15.1. The Labute approximate surface area is 135 Å². The van der Waals surface area contributed by atoms with Gasteiger partial charge in [-0.25, -0.2) is 0 Å². The number of fused-ring (bicyclic) bond motifs is 4. The third-order valence-corrected chi connectivity index (χ3v) is 7.87. The molecule has 1 amide bonds. The molecule has 2 unspecified atom stereocenters. The quantitative estimate of drug-likeness (QED) is 0.846. The molecule has 0 aromatic heterocycles. The van der Waals surface area contributed by atoms with Gasteiger partial charge in [0.2, 0.25) is 5.91 Å². The second-order valence-electron chi connectivity index (χ2n) is 6.96. The summed E-state index contributed by atoms with van der Waals surface area (Å²) in [6.07, 6.45) is 7.92. The van der Waals surface area contributed by atoms with Crippen molar-refractivity contribution in [2.75, 3.05) is 19.6 Å². The highest BCUT2D eigenvalue weighted by Gasteiger charge is 2.42. The molecule has 5 rings (SSSR count). The van der Waals surface area contributed by atoms with E-state index in [-0.39, 0.29) is 11.2 Å². The van der Waals surface area contributed by atoms with Crippen LogP contribution in [0.1, 0.15) is 32.1 Å². The maximum absolute atomic E-state index is 12.6. The zero-order chi connectivity index (χ0) is 14.4. The van der Waals surface area contributed by atoms with Crippen molar-refractivity contribution in [3.8, 4) is 0 Å². The van der Waals surface area contributed by atoms with Gasteiger partial charge in [0.05, 0.1) is 5.25 Å². The molecule has 3 nitrogen and oxygen atoms in total. The Hall–Kier alpha value is -0.190. The van der Waals surface area contributed by atoms with Gasteiger partial charge >= 0.3 is 0 Å². The smallest absolute Gasteiger partial charge is 0.233 e. The number of allylic oxidation sites excluding steroid dienone is 1. The van der Waals surface area contributed by atoms with Crippen LogP contribution in [0.4, 0.5) is 0 Å². The van der Waals surface area contributed by atoms with Crippen molar-refractivity contribution in [3.63, 3.8) is 0 Å². The molecule has 0 aromatic rings. The number of rotatable bonds is 2. The lowest BCUT2D eigenvalue weighted by molar-refractivity contribution is -0.122. The average molecular weight is 327 g/mol. The summed E-state index contributed by atoms with van der Waals surface area (Å²) in [6.45, 7) is 3.50. The number of hydrogen-bond donors (Lipinski definition) is 1. The molecule has 4 heterocycles. The van der Waals surface area contributed by atoms with E-state index in [4.69, 9.17) is 11.6 Å². The summed E-state index contributed by atoms with van der Waals surface area (Å²) < 4.78 is 0. The highest BCUT2D eigenvalue weighted by molar-refractivity contribution is 8.01. The molecule has 5 heteroatoms. The van der Waals surface area contributed by atoms with Crippen LogP contribution in [0.25, 0.3) is 0 Å². The molecule has 1 aliphatic carbocycles. The van der Waals surface area contributed by atoms with Crippen LogP contribution in [0.15, 0.2) is 11.1 Å². The second kappa shape index (κ2) is 5.78. The molecule has 0 saturated carbocycles. The highest BCUT2D eigenvalue weighted by Crippen LogP contribution is 2.48.